The maximum atomic E-state index is 12.2. The maximum Gasteiger partial charge on any atom is 0.253 e. The number of para-hydroxylation sites is 2. The zero-order valence-corrected chi connectivity index (χ0v) is 11.1. The van der Waals surface area contributed by atoms with E-state index in [1.165, 1.54) is 5.01 Å². The average molecular weight is 266 g/mol. The summed E-state index contributed by atoms with van der Waals surface area (Å²) in [5.41, 5.74) is 2.42. The Morgan fingerprint density at radius 2 is 1.75 bits per heavy atom. The van der Waals surface area contributed by atoms with Gasteiger partial charge in [-0.15, -0.1) is 0 Å². The van der Waals surface area contributed by atoms with Crippen molar-refractivity contribution in [2.45, 2.75) is 6.42 Å². The molecule has 1 heterocycles. The van der Waals surface area contributed by atoms with Gasteiger partial charge in [-0.1, -0.05) is 42.5 Å². The Labute approximate surface area is 117 Å². The third-order valence-corrected chi connectivity index (χ3v) is 3.20. The second kappa shape index (κ2) is 5.17. The summed E-state index contributed by atoms with van der Waals surface area (Å²) >= 11 is 0. The van der Waals surface area contributed by atoms with Crippen LogP contribution in [0.25, 0.3) is 0 Å². The Hall–Kier alpha value is -2.62. The highest BCUT2D eigenvalue weighted by molar-refractivity contribution is 6.19. The highest BCUT2D eigenvalue weighted by atomic mass is 16.5. The maximum absolute atomic E-state index is 12.2. The van der Waals surface area contributed by atoms with Crippen molar-refractivity contribution in [3.8, 4) is 5.75 Å². The van der Waals surface area contributed by atoms with Crippen molar-refractivity contribution in [3.05, 3.63) is 60.2 Å². The lowest BCUT2D eigenvalue weighted by Crippen LogP contribution is -2.20. The SMILES string of the molecule is COc1ccccc1N1N=C(c2ccccc2)CC1=O. The van der Waals surface area contributed by atoms with Crippen molar-refractivity contribution in [2.75, 3.05) is 12.1 Å². The highest BCUT2D eigenvalue weighted by Gasteiger charge is 2.27. The molecule has 2 aromatic carbocycles. The first-order chi connectivity index (χ1) is 9.79. The van der Waals surface area contributed by atoms with Gasteiger partial charge in [-0.3, -0.25) is 4.79 Å². The van der Waals surface area contributed by atoms with E-state index < -0.39 is 0 Å². The monoisotopic (exact) mass is 266 g/mol. The van der Waals surface area contributed by atoms with Crippen molar-refractivity contribution in [3.63, 3.8) is 0 Å². The van der Waals surface area contributed by atoms with Gasteiger partial charge < -0.3 is 4.74 Å². The summed E-state index contributed by atoms with van der Waals surface area (Å²) in [4.78, 5) is 12.2. The molecule has 4 heteroatoms. The first-order valence-corrected chi connectivity index (χ1v) is 6.38. The van der Waals surface area contributed by atoms with E-state index >= 15 is 0 Å². The lowest BCUT2D eigenvalue weighted by molar-refractivity contribution is -0.116. The fourth-order valence-corrected chi connectivity index (χ4v) is 2.21. The number of hydrogen-bond acceptors (Lipinski definition) is 3. The molecule has 0 aliphatic carbocycles. The molecule has 0 bridgehead atoms. The van der Waals surface area contributed by atoms with E-state index in [1.54, 1.807) is 7.11 Å². The fraction of sp³-hybridized carbons (Fsp3) is 0.125. The molecular formula is C16H14N2O2. The van der Waals surface area contributed by atoms with Gasteiger partial charge >= 0.3 is 0 Å². The van der Waals surface area contributed by atoms with E-state index in [0.717, 1.165) is 11.3 Å². The van der Waals surface area contributed by atoms with Gasteiger partial charge in [0.05, 0.1) is 19.2 Å². The van der Waals surface area contributed by atoms with Gasteiger partial charge in [0.1, 0.15) is 11.4 Å². The third kappa shape index (κ3) is 2.16. The fourth-order valence-electron chi connectivity index (χ4n) is 2.21. The van der Waals surface area contributed by atoms with Crippen LogP contribution in [-0.2, 0) is 4.79 Å². The number of carbonyl (C=O) groups is 1. The summed E-state index contributed by atoms with van der Waals surface area (Å²) in [7, 11) is 1.58. The minimum absolute atomic E-state index is 0.0478. The zero-order chi connectivity index (χ0) is 13.9. The predicted octanol–water partition coefficient (Wildman–Crippen LogP) is 2.84. The van der Waals surface area contributed by atoms with Crippen LogP contribution in [0.4, 0.5) is 5.69 Å². The van der Waals surface area contributed by atoms with Crippen LogP contribution < -0.4 is 9.75 Å². The lowest BCUT2D eigenvalue weighted by Gasteiger charge is -2.14. The molecule has 1 aliphatic rings. The number of ether oxygens (including phenoxy) is 1. The van der Waals surface area contributed by atoms with Crippen LogP contribution in [0.5, 0.6) is 5.75 Å². The van der Waals surface area contributed by atoms with Gasteiger partial charge in [-0.05, 0) is 17.7 Å². The summed E-state index contributed by atoms with van der Waals surface area (Å²) in [5, 5.41) is 5.86. The first-order valence-electron chi connectivity index (χ1n) is 6.38. The normalized spacial score (nSPS) is 14.3. The highest BCUT2D eigenvalue weighted by Crippen LogP contribution is 2.31. The molecular weight excluding hydrogens is 252 g/mol. The Kier molecular flexibility index (Phi) is 3.21. The van der Waals surface area contributed by atoms with Crippen LogP contribution in [0.1, 0.15) is 12.0 Å². The minimum Gasteiger partial charge on any atom is -0.494 e. The molecule has 4 nitrogen and oxygen atoms in total. The van der Waals surface area contributed by atoms with Crippen molar-refractivity contribution < 1.29 is 9.53 Å². The molecule has 0 fully saturated rings. The van der Waals surface area contributed by atoms with E-state index in [2.05, 4.69) is 5.10 Å². The van der Waals surface area contributed by atoms with Gasteiger partial charge in [0, 0.05) is 0 Å². The van der Waals surface area contributed by atoms with Gasteiger partial charge in [0.15, 0.2) is 0 Å². The van der Waals surface area contributed by atoms with E-state index in [0.29, 0.717) is 17.9 Å². The molecule has 0 unspecified atom stereocenters. The number of carbonyl (C=O) groups excluding carboxylic acids is 1. The van der Waals surface area contributed by atoms with E-state index in [4.69, 9.17) is 4.74 Å². The van der Waals surface area contributed by atoms with E-state index in [9.17, 15) is 4.79 Å². The molecule has 1 amide bonds. The van der Waals surface area contributed by atoms with Gasteiger partial charge in [-0.25, -0.2) is 0 Å². The Bertz CT molecular complexity index is 665. The molecule has 1 aliphatic heterocycles. The number of benzene rings is 2. The molecule has 0 N–H and O–H groups in total. The van der Waals surface area contributed by atoms with Gasteiger partial charge in [0.25, 0.3) is 5.91 Å². The number of hydrazone groups is 1. The van der Waals surface area contributed by atoms with Crippen molar-refractivity contribution in [1.82, 2.24) is 0 Å². The van der Waals surface area contributed by atoms with Crippen LogP contribution in [-0.4, -0.2) is 18.7 Å². The van der Waals surface area contributed by atoms with Gasteiger partial charge in [0.2, 0.25) is 0 Å². The molecule has 0 atom stereocenters. The molecule has 0 saturated carbocycles. The summed E-state index contributed by atoms with van der Waals surface area (Å²) in [6, 6.07) is 17.1. The average Bonchev–Trinajstić information content (AvgIpc) is 2.90. The number of amides is 1. The largest absolute Gasteiger partial charge is 0.494 e. The topological polar surface area (TPSA) is 41.9 Å². The molecule has 0 saturated heterocycles. The number of nitrogens with zero attached hydrogens (tertiary/aromatic N) is 2. The molecule has 0 radical (unpaired) electrons. The summed E-state index contributed by atoms with van der Waals surface area (Å²) in [5.74, 6) is 0.590. The summed E-state index contributed by atoms with van der Waals surface area (Å²) in [6.45, 7) is 0. The smallest absolute Gasteiger partial charge is 0.253 e. The second-order valence-corrected chi connectivity index (χ2v) is 4.47. The summed E-state index contributed by atoms with van der Waals surface area (Å²) in [6.07, 6.45) is 0.308. The Morgan fingerprint density at radius 1 is 1.05 bits per heavy atom. The molecule has 100 valence electrons. The number of hydrogen-bond donors (Lipinski definition) is 0. The Morgan fingerprint density at radius 3 is 2.50 bits per heavy atom. The Balaban J connectivity index is 1.99. The molecule has 2 aromatic rings. The minimum atomic E-state index is -0.0478. The number of rotatable bonds is 3. The van der Waals surface area contributed by atoms with Crippen LogP contribution >= 0.6 is 0 Å². The van der Waals surface area contributed by atoms with Crippen LogP contribution in [0.2, 0.25) is 0 Å². The predicted molar refractivity (Wildman–Crippen MR) is 78.1 cm³/mol. The van der Waals surface area contributed by atoms with Crippen LogP contribution in [0.15, 0.2) is 59.7 Å². The van der Waals surface area contributed by atoms with Crippen molar-refractivity contribution in [2.24, 2.45) is 5.10 Å². The standard InChI is InChI=1S/C16H14N2O2/c1-20-15-10-6-5-9-14(15)18-16(19)11-13(17-18)12-7-3-2-4-8-12/h2-10H,11H2,1H3. The zero-order valence-electron chi connectivity index (χ0n) is 11.1. The third-order valence-electron chi connectivity index (χ3n) is 3.20. The molecule has 0 spiro atoms. The van der Waals surface area contributed by atoms with Crippen LogP contribution in [0.3, 0.4) is 0 Å². The molecule has 20 heavy (non-hydrogen) atoms. The second-order valence-electron chi connectivity index (χ2n) is 4.47. The van der Waals surface area contributed by atoms with Crippen molar-refractivity contribution >= 4 is 17.3 Å². The van der Waals surface area contributed by atoms with Gasteiger partial charge in [-0.2, -0.15) is 10.1 Å². The van der Waals surface area contributed by atoms with E-state index in [1.807, 2.05) is 54.6 Å². The van der Waals surface area contributed by atoms with Crippen molar-refractivity contribution in [1.29, 1.82) is 0 Å². The number of methoxy groups -OCH3 is 1. The molecule has 0 aromatic heterocycles. The first kappa shape index (κ1) is 12.4. The summed E-state index contributed by atoms with van der Waals surface area (Å²) < 4.78 is 5.28. The van der Waals surface area contributed by atoms with E-state index in [-0.39, 0.29) is 5.91 Å². The lowest BCUT2D eigenvalue weighted by atomic mass is 10.1. The quantitative estimate of drug-likeness (QED) is 0.857. The molecule has 3 rings (SSSR count). The van der Waals surface area contributed by atoms with Crippen LogP contribution in [0, 0.1) is 0 Å². The number of anilines is 1.